The average molecular weight is 523 g/mol. The van der Waals surface area contributed by atoms with Gasteiger partial charge < -0.3 is 9.47 Å². The monoisotopic (exact) mass is 522 g/mol. The van der Waals surface area contributed by atoms with Crippen LogP contribution in [0.15, 0.2) is 18.2 Å². The van der Waals surface area contributed by atoms with E-state index in [9.17, 15) is 40.0 Å². The van der Waals surface area contributed by atoms with Gasteiger partial charge >= 0.3 is 21.5 Å². The number of carbonyl (C=O) groups is 2. The van der Waals surface area contributed by atoms with E-state index in [2.05, 4.69) is 9.72 Å². The number of ether oxygens (including phenoxy) is 2. The summed E-state index contributed by atoms with van der Waals surface area (Å²) in [5.74, 6) is -3.09. The smallest absolute Gasteiger partial charge is 0.465 e. The Hall–Kier alpha value is -2.52. The lowest BCUT2D eigenvalue weighted by molar-refractivity contribution is -0.117. The lowest BCUT2D eigenvalue weighted by atomic mass is 10.1. The van der Waals surface area contributed by atoms with E-state index in [1.165, 1.54) is 0 Å². The van der Waals surface area contributed by atoms with Crippen LogP contribution in [0.5, 0.6) is 10.9 Å². The molecule has 2 aromatic rings. The first kappa shape index (κ1) is 25.7. The van der Waals surface area contributed by atoms with Gasteiger partial charge in [0.15, 0.2) is 5.15 Å². The van der Waals surface area contributed by atoms with Crippen LogP contribution >= 0.6 is 22.9 Å². The normalized spacial score (nSPS) is 12.0. The summed E-state index contributed by atoms with van der Waals surface area (Å²) >= 11 is 5.94. The fourth-order valence-electron chi connectivity index (χ4n) is 2.25. The van der Waals surface area contributed by atoms with E-state index in [-0.39, 0.29) is 5.75 Å². The molecule has 0 saturated carbocycles. The second-order valence-electron chi connectivity index (χ2n) is 5.67. The van der Waals surface area contributed by atoms with E-state index in [1.54, 1.807) is 0 Å². The number of nitrogens with zero attached hydrogens (tertiary/aromatic N) is 2. The first-order chi connectivity index (χ1) is 14.7. The molecule has 0 bridgehead atoms. The quantitative estimate of drug-likeness (QED) is 0.376. The van der Waals surface area contributed by atoms with Gasteiger partial charge in [0.1, 0.15) is 10.6 Å². The summed E-state index contributed by atoms with van der Waals surface area (Å²) in [7, 11) is -5.37. The highest BCUT2D eigenvalue weighted by molar-refractivity contribution is 7.94. The predicted octanol–water partition coefficient (Wildman–Crippen LogP) is 4.91. The third kappa shape index (κ3) is 5.10. The van der Waals surface area contributed by atoms with Crippen molar-refractivity contribution in [3.63, 3.8) is 0 Å². The Morgan fingerprint density at radius 2 is 1.91 bits per heavy atom. The lowest BCUT2D eigenvalue weighted by Crippen LogP contribution is -2.45. The Bertz CT molecular complexity index is 1140. The van der Waals surface area contributed by atoms with Gasteiger partial charge in [-0.1, -0.05) is 29.9 Å². The van der Waals surface area contributed by atoms with Gasteiger partial charge in [0.2, 0.25) is 5.91 Å². The van der Waals surface area contributed by atoms with Gasteiger partial charge in [-0.25, -0.2) is 13.6 Å². The second kappa shape index (κ2) is 9.54. The average Bonchev–Trinajstić information content (AvgIpc) is 3.07. The van der Waals surface area contributed by atoms with Crippen molar-refractivity contribution >= 4 is 50.5 Å². The summed E-state index contributed by atoms with van der Waals surface area (Å²) in [5.41, 5.74) is -7.58. The van der Waals surface area contributed by atoms with Crippen LogP contribution in [0.1, 0.15) is 35.0 Å². The highest BCUT2D eigenvalue weighted by atomic mass is 35.5. The molecule has 176 valence electrons. The molecule has 1 amide bonds. The molecule has 1 aromatic carbocycles. The van der Waals surface area contributed by atoms with Gasteiger partial charge in [-0.05, 0) is 18.2 Å². The molecule has 0 atom stereocenters. The molecule has 0 radical (unpaired) electrons. The summed E-state index contributed by atoms with van der Waals surface area (Å²) in [5, 5.41) is -0.931. The summed E-state index contributed by atoms with van der Waals surface area (Å²) in [6, 6.07) is 2.36. The number of thiazole rings is 1. The van der Waals surface area contributed by atoms with Gasteiger partial charge in [0, 0.05) is 6.42 Å². The Labute approximate surface area is 186 Å². The van der Waals surface area contributed by atoms with Gasteiger partial charge in [0.05, 0.1) is 18.4 Å². The van der Waals surface area contributed by atoms with Crippen LogP contribution in [0.4, 0.5) is 27.6 Å². The first-order valence-corrected chi connectivity index (χ1v) is 10.9. The molecule has 0 spiro atoms. The number of carbonyl (C=O) groups excluding carboxylic acids is 2. The van der Waals surface area contributed by atoms with Crippen molar-refractivity contribution in [2.45, 2.75) is 25.3 Å². The number of anilines is 1. The minimum Gasteiger partial charge on any atom is -0.465 e. The predicted molar refractivity (Wildman–Crippen MR) is 103 cm³/mol. The highest BCUT2D eigenvalue weighted by Crippen LogP contribution is 2.39. The number of rotatable bonds is 7. The summed E-state index contributed by atoms with van der Waals surface area (Å²) < 4.78 is 98.2. The summed E-state index contributed by atoms with van der Waals surface area (Å²) in [6.45, 7) is 1.11. The van der Waals surface area contributed by atoms with Crippen molar-refractivity contribution in [1.82, 2.24) is 4.98 Å². The van der Waals surface area contributed by atoms with Crippen molar-refractivity contribution in [3.8, 4) is 10.9 Å². The van der Waals surface area contributed by atoms with Gasteiger partial charge in [-0.15, -0.1) is 0 Å². The molecule has 2 rings (SSSR count). The standard InChI is InChI=1S/C16H12ClF5N2O6S2/c1-3-10(25)24(32(27,28)16(20,21)22)9-5-4-7(6-8(9)14(26)29-2)30-15-23-12(17)11(31-15)13(18)19/h4-6,13H,3H2,1-2H3. The number of amides is 1. The number of sulfonamides is 1. The molecule has 1 aromatic heterocycles. The van der Waals surface area contributed by atoms with Crippen LogP contribution in [0.25, 0.3) is 0 Å². The van der Waals surface area contributed by atoms with E-state index in [4.69, 9.17) is 16.3 Å². The van der Waals surface area contributed by atoms with Crippen LogP contribution < -0.4 is 9.04 Å². The van der Waals surface area contributed by atoms with Crippen LogP contribution in [0.3, 0.4) is 0 Å². The molecule has 1 heterocycles. The van der Waals surface area contributed by atoms with Crippen molar-refractivity contribution in [2.75, 3.05) is 11.4 Å². The Morgan fingerprint density at radius 3 is 2.38 bits per heavy atom. The summed E-state index contributed by atoms with van der Waals surface area (Å²) in [6.07, 6.45) is -3.60. The zero-order valence-corrected chi connectivity index (χ0v) is 18.3. The van der Waals surface area contributed by atoms with Crippen molar-refractivity contribution in [3.05, 3.63) is 33.8 Å². The van der Waals surface area contributed by atoms with E-state index < -0.39 is 71.0 Å². The zero-order chi connectivity index (χ0) is 24.4. The van der Waals surface area contributed by atoms with Crippen LogP contribution in [-0.2, 0) is 19.6 Å². The molecule has 16 heteroatoms. The third-order valence-corrected chi connectivity index (χ3v) is 6.45. The maximum Gasteiger partial charge on any atom is 0.517 e. The molecule has 0 aliphatic heterocycles. The number of alkyl halides is 5. The van der Waals surface area contributed by atoms with Crippen LogP contribution in [0, 0.1) is 0 Å². The highest BCUT2D eigenvalue weighted by Gasteiger charge is 2.53. The number of esters is 1. The Balaban J connectivity index is 2.62. The molecule has 8 nitrogen and oxygen atoms in total. The number of hydrogen-bond acceptors (Lipinski definition) is 8. The molecule has 0 unspecified atom stereocenters. The topological polar surface area (TPSA) is 103 Å². The SMILES string of the molecule is CCC(=O)N(c1ccc(Oc2nc(Cl)c(C(F)F)s2)cc1C(=O)OC)S(=O)(=O)C(F)(F)F. The van der Waals surface area contributed by atoms with Gasteiger partial charge in [0.25, 0.3) is 11.6 Å². The number of methoxy groups -OCH3 is 1. The minimum absolute atomic E-state index is 0.311. The largest absolute Gasteiger partial charge is 0.517 e. The maximum absolute atomic E-state index is 13.1. The van der Waals surface area contributed by atoms with E-state index in [0.717, 1.165) is 26.2 Å². The molecular weight excluding hydrogens is 511 g/mol. The zero-order valence-electron chi connectivity index (χ0n) is 15.9. The number of benzene rings is 1. The maximum atomic E-state index is 13.1. The van der Waals surface area contributed by atoms with Crippen molar-refractivity contribution < 1.29 is 49.4 Å². The first-order valence-electron chi connectivity index (χ1n) is 8.23. The number of aromatic nitrogens is 1. The third-order valence-electron chi connectivity index (χ3n) is 3.65. The number of halogens is 6. The summed E-state index contributed by atoms with van der Waals surface area (Å²) in [4.78, 5) is 27.2. The molecular formula is C16H12ClF5N2O6S2. The van der Waals surface area contributed by atoms with Gasteiger partial charge in [-0.2, -0.15) is 30.9 Å². The van der Waals surface area contributed by atoms with Gasteiger partial charge in [-0.3, -0.25) is 4.79 Å². The molecule has 0 saturated heterocycles. The van der Waals surface area contributed by atoms with E-state index in [0.29, 0.717) is 17.4 Å². The minimum atomic E-state index is -6.23. The molecule has 0 fully saturated rings. The van der Waals surface area contributed by atoms with E-state index in [1.807, 2.05) is 0 Å². The van der Waals surface area contributed by atoms with Crippen LogP contribution in [0.2, 0.25) is 5.15 Å². The lowest BCUT2D eigenvalue weighted by Gasteiger charge is -2.25. The molecule has 0 N–H and O–H groups in total. The Morgan fingerprint density at radius 1 is 1.28 bits per heavy atom. The molecule has 0 aliphatic rings. The Kier molecular flexibility index (Phi) is 7.67. The van der Waals surface area contributed by atoms with Crippen molar-refractivity contribution in [2.24, 2.45) is 0 Å². The molecule has 32 heavy (non-hydrogen) atoms. The second-order valence-corrected chi connectivity index (χ2v) is 8.80. The van der Waals surface area contributed by atoms with Crippen molar-refractivity contribution in [1.29, 1.82) is 0 Å². The molecule has 0 aliphatic carbocycles. The van der Waals surface area contributed by atoms with Crippen LogP contribution in [-0.4, -0.2) is 37.9 Å². The fraction of sp³-hybridized carbons (Fsp3) is 0.312. The number of hydrogen-bond donors (Lipinski definition) is 0. The van der Waals surface area contributed by atoms with E-state index >= 15 is 0 Å². The fourth-order valence-corrected chi connectivity index (χ4v) is 4.28.